The lowest BCUT2D eigenvalue weighted by Crippen LogP contribution is -2.24. The minimum atomic E-state index is -0.372. The molecule has 0 bridgehead atoms. The van der Waals surface area contributed by atoms with E-state index in [9.17, 15) is 4.79 Å². The standard InChI is InChI=1S/C20H16BrClN2O3/c1-13-2-8-19(17(21)10-13)26-12-20(25)24-23-11-16-7-9-18(27-16)14-3-5-15(22)6-4-14/h2-11H,12H2,1H3,(H,24,25)/b23-11-. The zero-order valence-electron chi connectivity index (χ0n) is 14.4. The van der Waals surface area contributed by atoms with Crippen molar-refractivity contribution in [2.45, 2.75) is 6.92 Å². The van der Waals surface area contributed by atoms with Crippen LogP contribution in [0.2, 0.25) is 5.02 Å². The first-order chi connectivity index (χ1) is 13.0. The average Bonchev–Trinajstić information content (AvgIpc) is 3.10. The van der Waals surface area contributed by atoms with Gasteiger partial charge in [-0.05, 0) is 76.9 Å². The van der Waals surface area contributed by atoms with Crippen molar-refractivity contribution in [3.05, 3.63) is 75.4 Å². The molecule has 3 rings (SSSR count). The van der Waals surface area contributed by atoms with E-state index in [1.54, 1.807) is 24.3 Å². The first-order valence-electron chi connectivity index (χ1n) is 8.08. The second-order valence-electron chi connectivity index (χ2n) is 5.72. The van der Waals surface area contributed by atoms with E-state index in [1.165, 1.54) is 6.21 Å². The first-order valence-corrected chi connectivity index (χ1v) is 9.25. The SMILES string of the molecule is Cc1ccc(OCC(=O)N/N=C\c2ccc(-c3ccc(Cl)cc3)o2)c(Br)c1. The van der Waals surface area contributed by atoms with Crippen LogP contribution in [0, 0.1) is 6.92 Å². The van der Waals surface area contributed by atoms with Gasteiger partial charge in [-0.3, -0.25) is 4.79 Å². The summed E-state index contributed by atoms with van der Waals surface area (Å²) < 4.78 is 11.9. The quantitative estimate of drug-likeness (QED) is 0.417. The van der Waals surface area contributed by atoms with E-state index >= 15 is 0 Å². The molecule has 138 valence electrons. The van der Waals surface area contributed by atoms with Crippen LogP contribution < -0.4 is 10.2 Å². The number of nitrogens with one attached hydrogen (secondary N) is 1. The molecule has 1 aromatic heterocycles. The second kappa shape index (κ2) is 8.88. The summed E-state index contributed by atoms with van der Waals surface area (Å²) in [5, 5.41) is 4.54. The molecule has 0 fully saturated rings. The van der Waals surface area contributed by atoms with E-state index < -0.39 is 0 Å². The van der Waals surface area contributed by atoms with Gasteiger partial charge in [0, 0.05) is 10.6 Å². The van der Waals surface area contributed by atoms with E-state index in [0.717, 1.165) is 15.6 Å². The highest BCUT2D eigenvalue weighted by atomic mass is 79.9. The van der Waals surface area contributed by atoms with Gasteiger partial charge in [0.25, 0.3) is 5.91 Å². The smallest absolute Gasteiger partial charge is 0.277 e. The van der Waals surface area contributed by atoms with E-state index in [-0.39, 0.29) is 12.5 Å². The Labute approximate surface area is 170 Å². The number of halogens is 2. The van der Waals surface area contributed by atoms with Gasteiger partial charge in [-0.1, -0.05) is 17.7 Å². The fourth-order valence-corrected chi connectivity index (χ4v) is 2.99. The normalized spacial score (nSPS) is 10.9. The third-order valence-corrected chi connectivity index (χ3v) is 4.45. The summed E-state index contributed by atoms with van der Waals surface area (Å²) in [5.41, 5.74) is 4.40. The molecule has 1 amide bonds. The monoisotopic (exact) mass is 446 g/mol. The van der Waals surface area contributed by atoms with Crippen molar-refractivity contribution >= 4 is 39.7 Å². The van der Waals surface area contributed by atoms with Gasteiger partial charge < -0.3 is 9.15 Å². The minimum Gasteiger partial charge on any atom is -0.483 e. The third-order valence-electron chi connectivity index (χ3n) is 3.58. The number of hydrogen-bond donors (Lipinski definition) is 1. The zero-order chi connectivity index (χ0) is 19.2. The third kappa shape index (κ3) is 5.45. The molecule has 2 aromatic carbocycles. The number of nitrogens with zero attached hydrogens (tertiary/aromatic N) is 1. The number of rotatable bonds is 6. The van der Waals surface area contributed by atoms with Crippen LogP contribution in [0.15, 0.2) is 68.6 Å². The molecule has 0 spiro atoms. The molecular weight excluding hydrogens is 432 g/mol. The molecule has 0 saturated carbocycles. The lowest BCUT2D eigenvalue weighted by Gasteiger charge is -2.07. The summed E-state index contributed by atoms with van der Waals surface area (Å²) in [4.78, 5) is 11.8. The maximum atomic E-state index is 11.8. The lowest BCUT2D eigenvalue weighted by atomic mass is 10.2. The average molecular weight is 448 g/mol. The topological polar surface area (TPSA) is 63.8 Å². The van der Waals surface area contributed by atoms with Crippen LogP contribution in [0.3, 0.4) is 0 Å². The fourth-order valence-electron chi connectivity index (χ4n) is 2.26. The summed E-state index contributed by atoms with van der Waals surface area (Å²) in [6.45, 7) is 1.83. The molecule has 1 heterocycles. The van der Waals surface area contributed by atoms with E-state index in [4.69, 9.17) is 20.8 Å². The van der Waals surface area contributed by atoms with Crippen molar-refractivity contribution in [1.82, 2.24) is 5.43 Å². The van der Waals surface area contributed by atoms with Crippen LogP contribution in [0.4, 0.5) is 0 Å². The molecule has 0 atom stereocenters. The van der Waals surface area contributed by atoms with Crippen molar-refractivity contribution in [2.24, 2.45) is 5.10 Å². The van der Waals surface area contributed by atoms with Gasteiger partial charge in [-0.15, -0.1) is 0 Å². The molecular formula is C20H16BrClN2O3. The highest BCUT2D eigenvalue weighted by molar-refractivity contribution is 9.10. The maximum Gasteiger partial charge on any atom is 0.277 e. The minimum absolute atomic E-state index is 0.146. The van der Waals surface area contributed by atoms with Crippen molar-refractivity contribution in [1.29, 1.82) is 0 Å². The maximum absolute atomic E-state index is 11.8. The summed E-state index contributed by atoms with van der Waals surface area (Å²) in [5.74, 6) is 1.43. The molecule has 0 aliphatic heterocycles. The number of carbonyl (C=O) groups is 1. The number of ether oxygens (including phenoxy) is 1. The van der Waals surface area contributed by atoms with Crippen molar-refractivity contribution < 1.29 is 13.9 Å². The largest absolute Gasteiger partial charge is 0.483 e. The Hall–Kier alpha value is -2.57. The number of carbonyl (C=O) groups excluding carboxylic acids is 1. The molecule has 3 aromatic rings. The number of furan rings is 1. The van der Waals surface area contributed by atoms with Gasteiger partial charge >= 0.3 is 0 Å². The van der Waals surface area contributed by atoms with Crippen molar-refractivity contribution in [3.8, 4) is 17.1 Å². The van der Waals surface area contributed by atoms with Gasteiger partial charge in [-0.25, -0.2) is 5.43 Å². The Bertz CT molecular complexity index is 968. The molecule has 0 unspecified atom stereocenters. The second-order valence-corrected chi connectivity index (χ2v) is 7.02. The Morgan fingerprint density at radius 3 is 2.74 bits per heavy atom. The Morgan fingerprint density at radius 2 is 2.00 bits per heavy atom. The van der Waals surface area contributed by atoms with Gasteiger partial charge in [0.05, 0.1) is 10.7 Å². The molecule has 0 aliphatic carbocycles. The van der Waals surface area contributed by atoms with Crippen LogP contribution >= 0.6 is 27.5 Å². The zero-order valence-corrected chi connectivity index (χ0v) is 16.8. The molecule has 27 heavy (non-hydrogen) atoms. The molecule has 1 N–H and O–H groups in total. The summed E-state index contributed by atoms with van der Waals surface area (Å²) in [7, 11) is 0. The fraction of sp³-hybridized carbons (Fsp3) is 0.100. The van der Waals surface area contributed by atoms with Crippen molar-refractivity contribution in [3.63, 3.8) is 0 Å². The predicted molar refractivity (Wildman–Crippen MR) is 109 cm³/mol. The number of hydrazone groups is 1. The Kier molecular flexibility index (Phi) is 6.32. The molecule has 5 nitrogen and oxygen atoms in total. The summed E-state index contributed by atoms with van der Waals surface area (Å²) in [6.07, 6.45) is 1.43. The number of benzene rings is 2. The summed E-state index contributed by atoms with van der Waals surface area (Å²) in [6, 6.07) is 16.5. The van der Waals surface area contributed by atoms with Gasteiger partial charge in [0.1, 0.15) is 17.3 Å². The van der Waals surface area contributed by atoms with Crippen LogP contribution in [0.1, 0.15) is 11.3 Å². The number of aryl methyl sites for hydroxylation is 1. The summed E-state index contributed by atoms with van der Waals surface area (Å²) >= 11 is 9.28. The van der Waals surface area contributed by atoms with Crippen LogP contribution in [0.5, 0.6) is 5.75 Å². The Balaban J connectivity index is 1.51. The van der Waals surface area contributed by atoms with Gasteiger partial charge in [0.15, 0.2) is 6.61 Å². The van der Waals surface area contributed by atoms with Gasteiger partial charge in [0.2, 0.25) is 0 Å². The molecule has 0 saturated heterocycles. The number of hydrogen-bond acceptors (Lipinski definition) is 4. The van der Waals surface area contributed by atoms with Crippen LogP contribution in [-0.2, 0) is 4.79 Å². The van der Waals surface area contributed by atoms with E-state index in [0.29, 0.717) is 22.3 Å². The van der Waals surface area contributed by atoms with E-state index in [2.05, 4.69) is 26.5 Å². The molecule has 0 radical (unpaired) electrons. The van der Waals surface area contributed by atoms with Crippen LogP contribution in [-0.4, -0.2) is 18.7 Å². The highest BCUT2D eigenvalue weighted by Crippen LogP contribution is 2.25. The molecule has 7 heteroatoms. The predicted octanol–water partition coefficient (Wildman–Crippen LogP) is 5.20. The first kappa shape index (κ1) is 19.2. The Morgan fingerprint density at radius 1 is 1.22 bits per heavy atom. The van der Waals surface area contributed by atoms with Crippen LogP contribution in [0.25, 0.3) is 11.3 Å². The highest BCUT2D eigenvalue weighted by Gasteiger charge is 2.06. The number of amides is 1. The van der Waals surface area contributed by atoms with Crippen molar-refractivity contribution in [2.75, 3.05) is 6.61 Å². The van der Waals surface area contributed by atoms with Gasteiger partial charge in [-0.2, -0.15) is 5.10 Å². The van der Waals surface area contributed by atoms with E-state index in [1.807, 2.05) is 37.3 Å². The lowest BCUT2D eigenvalue weighted by molar-refractivity contribution is -0.123. The molecule has 0 aliphatic rings.